The molecule has 0 aliphatic heterocycles. The van der Waals surface area contributed by atoms with Gasteiger partial charge >= 0.3 is 12.1 Å². The van der Waals surface area contributed by atoms with Crippen molar-refractivity contribution in [1.82, 2.24) is 5.32 Å². The molecule has 7 nitrogen and oxygen atoms in total. The maximum absolute atomic E-state index is 12.8. The number of anilines is 1. The molecule has 0 bridgehead atoms. The number of nitrogens with one attached hydrogen (secondary N) is 1. The zero-order valence-corrected chi connectivity index (χ0v) is 19.4. The average Bonchev–Trinajstić information content (AvgIpc) is 3.19. The van der Waals surface area contributed by atoms with Crippen LogP contribution in [0.4, 0.5) is 10.5 Å². The Bertz CT molecular complexity index is 1150. The van der Waals surface area contributed by atoms with E-state index in [2.05, 4.69) is 29.6 Å². The molecule has 0 atom stereocenters. The number of carbonyl (C=O) groups excluding carboxylic acids is 2. The monoisotopic (exact) mass is 472 g/mol. The van der Waals surface area contributed by atoms with Gasteiger partial charge in [0.1, 0.15) is 6.61 Å². The molecule has 0 unspecified atom stereocenters. The number of carbonyl (C=O) groups is 3. The van der Waals surface area contributed by atoms with Crippen LogP contribution in [0.2, 0.25) is 0 Å². The standard InChI is InChI=1S/C28H28N2O5/c31-26(30(18-8-15-27(32)33)20-9-2-1-3-10-20)16-17-29-28(34)35-19-25-23-13-6-4-11-21(23)22-12-5-7-14-24(22)25/h1-7,9-14,25H,8,15-19H2,(H,29,34)(H,32,33). The highest BCUT2D eigenvalue weighted by Gasteiger charge is 2.29. The van der Waals surface area contributed by atoms with Crippen LogP contribution in [0.1, 0.15) is 36.3 Å². The van der Waals surface area contributed by atoms with E-state index in [0.29, 0.717) is 18.7 Å². The Balaban J connectivity index is 1.29. The van der Waals surface area contributed by atoms with Crippen molar-refractivity contribution in [2.75, 3.05) is 24.6 Å². The SMILES string of the molecule is O=C(O)CCCN(C(=O)CCNC(=O)OCC1c2ccccc2-c2ccccc21)c1ccccc1. The van der Waals surface area contributed by atoms with Crippen molar-refractivity contribution in [2.45, 2.75) is 25.2 Å². The van der Waals surface area contributed by atoms with Crippen molar-refractivity contribution in [1.29, 1.82) is 0 Å². The van der Waals surface area contributed by atoms with Gasteiger partial charge in [-0.15, -0.1) is 0 Å². The highest BCUT2D eigenvalue weighted by atomic mass is 16.5. The summed E-state index contributed by atoms with van der Waals surface area (Å²) in [6, 6.07) is 25.3. The average molecular weight is 473 g/mol. The zero-order chi connectivity index (χ0) is 24.6. The van der Waals surface area contributed by atoms with Crippen LogP contribution in [0.15, 0.2) is 78.9 Å². The maximum Gasteiger partial charge on any atom is 0.407 e. The highest BCUT2D eigenvalue weighted by molar-refractivity contribution is 5.93. The third-order valence-corrected chi connectivity index (χ3v) is 6.09. The second-order valence-electron chi connectivity index (χ2n) is 8.38. The van der Waals surface area contributed by atoms with E-state index in [0.717, 1.165) is 22.3 Å². The quantitative estimate of drug-likeness (QED) is 0.441. The zero-order valence-electron chi connectivity index (χ0n) is 19.4. The molecule has 1 aliphatic carbocycles. The Morgan fingerprint density at radius 1 is 0.829 bits per heavy atom. The molecule has 1 aliphatic rings. The lowest BCUT2D eigenvalue weighted by molar-refractivity contribution is -0.137. The van der Waals surface area contributed by atoms with Crippen LogP contribution >= 0.6 is 0 Å². The molecule has 0 aromatic heterocycles. The summed E-state index contributed by atoms with van der Waals surface area (Å²) in [5.41, 5.74) is 5.29. The third-order valence-electron chi connectivity index (χ3n) is 6.09. The number of hydrogen-bond donors (Lipinski definition) is 2. The Morgan fingerprint density at radius 3 is 2.06 bits per heavy atom. The molecule has 3 aromatic carbocycles. The number of carboxylic acid groups (broad SMARTS) is 1. The normalized spacial score (nSPS) is 11.9. The van der Waals surface area contributed by atoms with Gasteiger partial charge in [-0.1, -0.05) is 66.7 Å². The summed E-state index contributed by atoms with van der Waals surface area (Å²) in [6.07, 6.45) is -0.173. The third kappa shape index (κ3) is 5.87. The van der Waals surface area contributed by atoms with Crippen molar-refractivity contribution >= 4 is 23.7 Å². The number of amides is 2. The van der Waals surface area contributed by atoms with E-state index in [1.807, 2.05) is 42.5 Å². The Kier molecular flexibility index (Phi) is 7.77. The first-order valence-corrected chi connectivity index (χ1v) is 11.7. The summed E-state index contributed by atoms with van der Waals surface area (Å²) in [7, 11) is 0. The minimum Gasteiger partial charge on any atom is -0.481 e. The lowest BCUT2D eigenvalue weighted by atomic mass is 9.98. The fourth-order valence-electron chi connectivity index (χ4n) is 4.45. The van der Waals surface area contributed by atoms with Gasteiger partial charge in [-0.2, -0.15) is 0 Å². The van der Waals surface area contributed by atoms with E-state index in [4.69, 9.17) is 9.84 Å². The largest absolute Gasteiger partial charge is 0.481 e. The maximum atomic E-state index is 12.8. The van der Waals surface area contributed by atoms with E-state index >= 15 is 0 Å². The van der Waals surface area contributed by atoms with E-state index < -0.39 is 12.1 Å². The smallest absolute Gasteiger partial charge is 0.407 e. The molecule has 0 saturated heterocycles. The topological polar surface area (TPSA) is 95.9 Å². The second-order valence-corrected chi connectivity index (χ2v) is 8.38. The van der Waals surface area contributed by atoms with Gasteiger partial charge in [-0.3, -0.25) is 9.59 Å². The van der Waals surface area contributed by atoms with Crippen LogP contribution < -0.4 is 10.2 Å². The fourth-order valence-corrected chi connectivity index (χ4v) is 4.45. The molecule has 0 heterocycles. The lowest BCUT2D eigenvalue weighted by Crippen LogP contribution is -2.35. The molecule has 4 rings (SSSR count). The van der Waals surface area contributed by atoms with Crippen LogP contribution in [0.5, 0.6) is 0 Å². The van der Waals surface area contributed by atoms with Crippen molar-refractivity contribution in [2.24, 2.45) is 0 Å². The Hall–Kier alpha value is -4.13. The van der Waals surface area contributed by atoms with E-state index in [1.54, 1.807) is 17.0 Å². The number of alkyl carbamates (subject to hydrolysis) is 1. The number of benzene rings is 3. The predicted molar refractivity (Wildman–Crippen MR) is 133 cm³/mol. The van der Waals surface area contributed by atoms with Gasteiger partial charge in [-0.05, 0) is 40.8 Å². The summed E-state index contributed by atoms with van der Waals surface area (Å²) < 4.78 is 5.52. The first kappa shape index (κ1) is 24.0. The molecular formula is C28H28N2O5. The van der Waals surface area contributed by atoms with Gasteiger partial charge in [-0.25, -0.2) is 4.79 Å². The van der Waals surface area contributed by atoms with Crippen molar-refractivity contribution < 1.29 is 24.2 Å². The first-order chi connectivity index (χ1) is 17.0. The first-order valence-electron chi connectivity index (χ1n) is 11.7. The highest BCUT2D eigenvalue weighted by Crippen LogP contribution is 2.44. The minimum atomic E-state index is -0.901. The van der Waals surface area contributed by atoms with Crippen LogP contribution in [0.25, 0.3) is 11.1 Å². The Labute approximate surface area is 204 Å². The summed E-state index contributed by atoms with van der Waals surface area (Å²) in [5, 5.41) is 11.6. The van der Waals surface area contributed by atoms with Gasteiger partial charge < -0.3 is 20.1 Å². The molecule has 0 radical (unpaired) electrons. The number of aliphatic carboxylic acids is 1. The minimum absolute atomic E-state index is 0.0192. The number of ether oxygens (including phenoxy) is 1. The number of rotatable bonds is 10. The van der Waals surface area contributed by atoms with Gasteiger partial charge in [0.25, 0.3) is 0 Å². The molecule has 2 amide bonds. The molecule has 7 heteroatoms. The molecule has 0 fully saturated rings. The van der Waals surface area contributed by atoms with Crippen molar-refractivity contribution in [3.05, 3.63) is 90.0 Å². The summed E-state index contributed by atoms with van der Waals surface area (Å²) in [6.45, 7) is 0.622. The van der Waals surface area contributed by atoms with Gasteiger partial charge in [0.05, 0.1) is 0 Å². The summed E-state index contributed by atoms with van der Waals surface area (Å²) >= 11 is 0. The molecule has 0 saturated carbocycles. The number of fused-ring (bicyclic) bond motifs is 3. The molecule has 3 aromatic rings. The van der Waals surface area contributed by atoms with Crippen LogP contribution in [0, 0.1) is 0 Å². The van der Waals surface area contributed by atoms with E-state index in [9.17, 15) is 14.4 Å². The van der Waals surface area contributed by atoms with Gasteiger partial charge in [0.15, 0.2) is 0 Å². The lowest BCUT2D eigenvalue weighted by Gasteiger charge is -2.23. The van der Waals surface area contributed by atoms with Gasteiger partial charge in [0, 0.05) is 37.5 Å². The molecule has 0 spiro atoms. The van der Waals surface area contributed by atoms with Crippen LogP contribution in [-0.2, 0) is 14.3 Å². The molecule has 180 valence electrons. The van der Waals surface area contributed by atoms with Crippen LogP contribution in [0.3, 0.4) is 0 Å². The summed E-state index contributed by atoms with van der Waals surface area (Å²) in [4.78, 5) is 37.6. The number of hydrogen-bond acceptors (Lipinski definition) is 4. The Morgan fingerprint density at radius 2 is 1.43 bits per heavy atom. The van der Waals surface area contributed by atoms with E-state index in [-0.39, 0.29) is 37.8 Å². The van der Waals surface area contributed by atoms with Crippen molar-refractivity contribution in [3.8, 4) is 11.1 Å². The van der Waals surface area contributed by atoms with E-state index in [1.165, 1.54) is 0 Å². The van der Waals surface area contributed by atoms with Crippen molar-refractivity contribution in [3.63, 3.8) is 0 Å². The fraction of sp³-hybridized carbons (Fsp3) is 0.250. The van der Waals surface area contributed by atoms with Crippen LogP contribution in [-0.4, -0.2) is 42.8 Å². The number of para-hydroxylation sites is 1. The predicted octanol–water partition coefficient (Wildman–Crippen LogP) is 4.81. The second kappa shape index (κ2) is 11.3. The number of nitrogens with zero attached hydrogens (tertiary/aromatic N) is 1. The molecular weight excluding hydrogens is 444 g/mol. The number of carboxylic acids is 1. The van der Waals surface area contributed by atoms with Gasteiger partial charge in [0.2, 0.25) is 5.91 Å². The molecule has 2 N–H and O–H groups in total. The molecule has 35 heavy (non-hydrogen) atoms. The summed E-state index contributed by atoms with van der Waals surface area (Å²) in [5.74, 6) is -1.12.